The van der Waals surface area contributed by atoms with E-state index in [1.54, 1.807) is 0 Å². The van der Waals surface area contributed by atoms with Crippen LogP contribution in [0.15, 0.2) is 0 Å². The Morgan fingerprint density at radius 1 is 0.900 bits per heavy atom. The zero-order valence-corrected chi connectivity index (χ0v) is 13.1. The lowest BCUT2D eigenvalue weighted by Crippen LogP contribution is -2.65. The third-order valence-corrected chi connectivity index (χ3v) is 6.61. The lowest BCUT2D eigenvalue weighted by molar-refractivity contribution is 0.0345. The van der Waals surface area contributed by atoms with Crippen molar-refractivity contribution in [3.05, 3.63) is 0 Å². The van der Waals surface area contributed by atoms with Crippen molar-refractivity contribution < 1.29 is 0 Å². The molecule has 3 saturated carbocycles. The molecule has 0 radical (unpaired) electrons. The molecule has 3 aliphatic carbocycles. The van der Waals surface area contributed by atoms with Gasteiger partial charge >= 0.3 is 0 Å². The third-order valence-electron chi connectivity index (χ3n) is 6.61. The Labute approximate surface area is 124 Å². The molecule has 0 aromatic carbocycles. The van der Waals surface area contributed by atoms with Gasteiger partial charge in [-0.3, -0.25) is 4.90 Å². The summed E-state index contributed by atoms with van der Waals surface area (Å²) in [7, 11) is 0. The summed E-state index contributed by atoms with van der Waals surface area (Å²) in [6.45, 7) is 4.08. The Morgan fingerprint density at radius 2 is 1.65 bits per heavy atom. The number of nitrogens with zero attached hydrogens (tertiary/aromatic N) is 1. The number of hydrogen-bond acceptors (Lipinski definition) is 2. The van der Waals surface area contributed by atoms with Gasteiger partial charge in [-0.05, 0) is 50.4 Å². The lowest BCUT2D eigenvalue weighted by atomic mass is 9.80. The van der Waals surface area contributed by atoms with E-state index in [0.29, 0.717) is 5.54 Å². The Hall–Kier alpha value is -0.0800. The molecule has 0 amide bonds. The van der Waals surface area contributed by atoms with Crippen LogP contribution in [0, 0.1) is 11.8 Å². The van der Waals surface area contributed by atoms with Gasteiger partial charge in [-0.1, -0.05) is 32.1 Å². The second kappa shape index (κ2) is 5.61. The molecule has 1 atom stereocenters. The summed E-state index contributed by atoms with van der Waals surface area (Å²) in [6, 6.07) is 0.863. The first-order valence-electron chi connectivity index (χ1n) is 9.34. The zero-order valence-electron chi connectivity index (χ0n) is 13.1. The fourth-order valence-corrected chi connectivity index (χ4v) is 5.21. The molecule has 0 bridgehead atoms. The normalized spacial score (nSPS) is 35.7. The van der Waals surface area contributed by atoms with Crippen LogP contribution in [0.25, 0.3) is 0 Å². The quantitative estimate of drug-likeness (QED) is 0.848. The minimum absolute atomic E-state index is 0.514. The van der Waals surface area contributed by atoms with Gasteiger partial charge in [-0.15, -0.1) is 0 Å². The van der Waals surface area contributed by atoms with Crippen LogP contribution in [0.2, 0.25) is 0 Å². The highest BCUT2D eigenvalue weighted by molar-refractivity contribution is 5.03. The van der Waals surface area contributed by atoms with E-state index < -0.39 is 0 Å². The first-order chi connectivity index (χ1) is 9.85. The molecule has 1 unspecified atom stereocenters. The molecule has 1 saturated heterocycles. The van der Waals surface area contributed by atoms with Gasteiger partial charge in [-0.25, -0.2) is 0 Å². The SMILES string of the molecule is C1CCC(C2CNC3(CCCC3)CN2CC2CC2)CC1. The van der Waals surface area contributed by atoms with Crippen LogP contribution in [0.4, 0.5) is 0 Å². The summed E-state index contributed by atoms with van der Waals surface area (Å²) >= 11 is 0. The molecule has 4 aliphatic rings. The van der Waals surface area contributed by atoms with Crippen LogP contribution in [-0.2, 0) is 0 Å². The maximum Gasteiger partial charge on any atom is 0.0309 e. The van der Waals surface area contributed by atoms with Gasteiger partial charge in [0.2, 0.25) is 0 Å². The number of nitrogens with one attached hydrogen (secondary N) is 1. The van der Waals surface area contributed by atoms with E-state index in [1.165, 1.54) is 90.3 Å². The molecule has 4 rings (SSSR count). The fourth-order valence-electron chi connectivity index (χ4n) is 5.21. The first kappa shape index (κ1) is 13.6. The molecule has 1 heterocycles. The number of rotatable bonds is 3. The van der Waals surface area contributed by atoms with Gasteiger partial charge in [0.25, 0.3) is 0 Å². The van der Waals surface area contributed by atoms with Gasteiger partial charge in [0.1, 0.15) is 0 Å². The smallest absolute Gasteiger partial charge is 0.0309 e. The van der Waals surface area contributed by atoms with Crippen LogP contribution in [0.3, 0.4) is 0 Å². The van der Waals surface area contributed by atoms with Crippen molar-refractivity contribution in [3.63, 3.8) is 0 Å². The van der Waals surface area contributed by atoms with Gasteiger partial charge in [-0.2, -0.15) is 0 Å². The standard InChI is InChI=1S/C18H32N2/c1-2-6-16(7-3-1)17-12-19-18(10-4-5-11-18)14-20(17)13-15-8-9-15/h15-17,19H,1-14H2. The van der Waals surface area contributed by atoms with E-state index in [9.17, 15) is 0 Å². The molecule has 1 aliphatic heterocycles. The summed E-state index contributed by atoms with van der Waals surface area (Å²) in [5.74, 6) is 2.05. The van der Waals surface area contributed by atoms with Crippen molar-refractivity contribution in [2.75, 3.05) is 19.6 Å². The monoisotopic (exact) mass is 276 g/mol. The average Bonchev–Trinajstić information content (AvgIpc) is 3.19. The minimum Gasteiger partial charge on any atom is -0.308 e. The van der Waals surface area contributed by atoms with Gasteiger partial charge < -0.3 is 5.32 Å². The maximum absolute atomic E-state index is 4.02. The van der Waals surface area contributed by atoms with Crippen LogP contribution < -0.4 is 5.32 Å². The molecule has 4 fully saturated rings. The van der Waals surface area contributed by atoms with Crippen molar-refractivity contribution in [1.82, 2.24) is 10.2 Å². The molecular weight excluding hydrogens is 244 g/mol. The Bertz CT molecular complexity index is 324. The van der Waals surface area contributed by atoms with Gasteiger partial charge in [0, 0.05) is 31.2 Å². The maximum atomic E-state index is 4.02. The number of piperazine rings is 1. The molecule has 0 aromatic rings. The molecule has 2 heteroatoms. The first-order valence-corrected chi connectivity index (χ1v) is 9.34. The van der Waals surface area contributed by atoms with Crippen molar-refractivity contribution in [3.8, 4) is 0 Å². The summed E-state index contributed by atoms with van der Waals surface area (Å²) in [6.07, 6.45) is 16.3. The molecule has 1 N–H and O–H groups in total. The zero-order chi connectivity index (χ0) is 13.4. The van der Waals surface area contributed by atoms with Crippen LogP contribution in [0.5, 0.6) is 0 Å². The predicted octanol–water partition coefficient (Wildman–Crippen LogP) is 3.56. The average molecular weight is 276 g/mol. The largest absolute Gasteiger partial charge is 0.308 e. The summed E-state index contributed by atoms with van der Waals surface area (Å²) in [5, 5.41) is 4.02. The number of hydrogen-bond donors (Lipinski definition) is 1. The molecular formula is C18H32N2. The molecule has 1 spiro atoms. The van der Waals surface area contributed by atoms with Crippen molar-refractivity contribution >= 4 is 0 Å². The summed E-state index contributed by atoms with van der Waals surface area (Å²) in [4.78, 5) is 2.95. The predicted molar refractivity (Wildman–Crippen MR) is 83.9 cm³/mol. The highest BCUT2D eigenvalue weighted by Crippen LogP contribution is 2.39. The van der Waals surface area contributed by atoms with E-state index in [4.69, 9.17) is 0 Å². The van der Waals surface area contributed by atoms with Crippen molar-refractivity contribution in [2.24, 2.45) is 11.8 Å². The van der Waals surface area contributed by atoms with Crippen LogP contribution in [0.1, 0.15) is 70.6 Å². The van der Waals surface area contributed by atoms with E-state index in [2.05, 4.69) is 10.2 Å². The Kier molecular flexibility index (Phi) is 3.80. The molecule has 114 valence electrons. The fraction of sp³-hybridized carbons (Fsp3) is 1.00. The highest BCUT2D eigenvalue weighted by Gasteiger charge is 2.44. The molecule has 2 nitrogen and oxygen atoms in total. The van der Waals surface area contributed by atoms with Gasteiger partial charge in [0.05, 0.1) is 0 Å². The van der Waals surface area contributed by atoms with Crippen LogP contribution in [-0.4, -0.2) is 36.1 Å². The Morgan fingerprint density at radius 3 is 2.35 bits per heavy atom. The second-order valence-corrected chi connectivity index (χ2v) is 8.21. The lowest BCUT2D eigenvalue weighted by Gasteiger charge is -2.49. The van der Waals surface area contributed by atoms with Crippen molar-refractivity contribution in [1.29, 1.82) is 0 Å². The molecule has 20 heavy (non-hydrogen) atoms. The summed E-state index contributed by atoms with van der Waals surface area (Å²) < 4.78 is 0. The second-order valence-electron chi connectivity index (χ2n) is 8.21. The summed E-state index contributed by atoms with van der Waals surface area (Å²) in [5.41, 5.74) is 0.514. The Balaban J connectivity index is 1.45. The van der Waals surface area contributed by atoms with Gasteiger partial charge in [0.15, 0.2) is 0 Å². The van der Waals surface area contributed by atoms with E-state index >= 15 is 0 Å². The topological polar surface area (TPSA) is 15.3 Å². The minimum atomic E-state index is 0.514. The van der Waals surface area contributed by atoms with E-state index in [0.717, 1.165) is 17.9 Å². The van der Waals surface area contributed by atoms with E-state index in [1.807, 2.05) is 0 Å². The third kappa shape index (κ3) is 2.78. The van der Waals surface area contributed by atoms with Crippen LogP contribution >= 0.6 is 0 Å². The highest BCUT2D eigenvalue weighted by atomic mass is 15.3. The van der Waals surface area contributed by atoms with E-state index in [-0.39, 0.29) is 0 Å². The molecule has 0 aromatic heterocycles. The van der Waals surface area contributed by atoms with Crippen molar-refractivity contribution in [2.45, 2.75) is 82.2 Å².